The molecule has 0 N–H and O–H groups in total. The van der Waals surface area contributed by atoms with Crippen molar-refractivity contribution in [3.05, 3.63) is 9.06 Å². The van der Waals surface area contributed by atoms with Crippen molar-refractivity contribution in [3.8, 4) is 0 Å². The topological polar surface area (TPSA) is 0 Å². The quantitative estimate of drug-likeness (QED) is 0.569. The standard InChI is InChI=1S/C13H22B.3CH3.Sn/c1-3-11(4-2)14-12-7-5-8-13(14)10-6-9-12;;;;/h12-13H,3,5-10H2,1-2H3;3*1H3;. The first-order valence-electron chi connectivity index (χ1n) is 8.15. The van der Waals surface area contributed by atoms with Crippen molar-refractivity contribution < 1.29 is 0 Å². The summed E-state index contributed by atoms with van der Waals surface area (Å²) in [6.07, 6.45) is 10.5. The molecular weight excluding hydrogens is 322 g/mol. The molecule has 0 radical (unpaired) electrons. The Morgan fingerprint density at radius 2 is 1.44 bits per heavy atom. The van der Waals surface area contributed by atoms with E-state index in [-0.39, 0.29) is 0 Å². The van der Waals surface area contributed by atoms with Gasteiger partial charge < -0.3 is 0 Å². The Kier molecular flexibility index (Phi) is 4.94. The van der Waals surface area contributed by atoms with Crippen LogP contribution in [0.3, 0.4) is 0 Å². The normalized spacial score (nSPS) is 30.2. The fourth-order valence-electron chi connectivity index (χ4n) is 4.48. The predicted molar refractivity (Wildman–Crippen MR) is 87.3 cm³/mol. The molecule has 2 rings (SSSR count). The van der Waals surface area contributed by atoms with Crippen LogP contribution < -0.4 is 0 Å². The van der Waals surface area contributed by atoms with Gasteiger partial charge in [0.2, 0.25) is 0 Å². The second-order valence-electron chi connectivity index (χ2n) is 7.66. The molecule has 102 valence electrons. The number of rotatable bonds is 3. The summed E-state index contributed by atoms with van der Waals surface area (Å²) < 4.78 is 1.90. The molecule has 0 aliphatic carbocycles. The van der Waals surface area contributed by atoms with Crippen LogP contribution in [0, 0.1) is 0 Å². The molecule has 2 aliphatic heterocycles. The van der Waals surface area contributed by atoms with E-state index >= 15 is 0 Å². The summed E-state index contributed by atoms with van der Waals surface area (Å²) in [7, 11) is 0. The molecule has 2 bridgehead atoms. The van der Waals surface area contributed by atoms with Crippen molar-refractivity contribution in [2.75, 3.05) is 0 Å². The van der Waals surface area contributed by atoms with Crippen molar-refractivity contribution >= 4 is 25.1 Å². The van der Waals surface area contributed by atoms with Crippen molar-refractivity contribution in [1.29, 1.82) is 0 Å². The summed E-state index contributed by atoms with van der Waals surface area (Å²) in [5, 5.41) is 0. The van der Waals surface area contributed by atoms with Crippen molar-refractivity contribution in [2.45, 2.75) is 85.2 Å². The second kappa shape index (κ2) is 5.93. The number of fused-ring (bicyclic) bond motifs is 2. The summed E-state index contributed by atoms with van der Waals surface area (Å²) in [4.78, 5) is 7.79. The van der Waals surface area contributed by atoms with E-state index in [0.29, 0.717) is 0 Å². The van der Waals surface area contributed by atoms with E-state index in [1.807, 2.05) is 9.06 Å². The van der Waals surface area contributed by atoms with Crippen LogP contribution in [-0.2, 0) is 0 Å². The van der Waals surface area contributed by atoms with Crippen molar-refractivity contribution in [1.82, 2.24) is 0 Å². The van der Waals surface area contributed by atoms with Gasteiger partial charge in [-0.2, -0.15) is 0 Å². The Hall–Kier alpha value is 0.604. The van der Waals surface area contributed by atoms with Crippen LogP contribution in [0.2, 0.25) is 26.5 Å². The van der Waals surface area contributed by atoms with E-state index in [1.165, 1.54) is 44.9 Å². The fraction of sp³-hybridized carbons (Fsp3) is 0.875. The van der Waals surface area contributed by atoms with Gasteiger partial charge in [-0.3, -0.25) is 0 Å². The second-order valence-corrected chi connectivity index (χ2v) is 22.6. The van der Waals surface area contributed by atoms with Crippen LogP contribution in [0.25, 0.3) is 0 Å². The Labute approximate surface area is 119 Å². The summed E-state index contributed by atoms with van der Waals surface area (Å²) >= 11 is -1.84. The number of hydrogen-bond donors (Lipinski definition) is 0. The first-order valence-corrected chi connectivity index (χ1v) is 18.1. The fourth-order valence-corrected chi connectivity index (χ4v) is 8.21. The summed E-state index contributed by atoms with van der Waals surface area (Å²) in [6, 6.07) is 0. The SMILES string of the molecule is CC/C(B1C2CCCC1CCC2)=[C](\C)[Sn]([CH3])([CH3])[CH3]. The average Bonchev–Trinajstić information content (AvgIpc) is 2.28. The molecule has 2 aliphatic rings. The Morgan fingerprint density at radius 1 is 1.00 bits per heavy atom. The third-order valence-electron chi connectivity index (χ3n) is 5.71. The molecule has 2 saturated heterocycles. The first kappa shape index (κ1) is 15.0. The molecule has 2 heterocycles. The molecule has 0 aromatic rings. The molecule has 0 saturated carbocycles. The Bertz CT molecular complexity index is 304. The first-order chi connectivity index (χ1) is 8.45. The molecule has 0 amide bonds. The molecule has 0 nitrogen and oxygen atoms in total. The Balaban J connectivity index is 2.32. The maximum absolute atomic E-state index is 2.60. The van der Waals surface area contributed by atoms with E-state index in [1.54, 1.807) is 0 Å². The van der Waals surface area contributed by atoms with Crippen molar-refractivity contribution in [3.63, 3.8) is 0 Å². The van der Waals surface area contributed by atoms with E-state index in [0.717, 1.165) is 18.3 Å². The average molecular weight is 353 g/mol. The molecule has 0 spiro atoms. The van der Waals surface area contributed by atoms with Gasteiger partial charge >= 0.3 is 119 Å². The van der Waals surface area contributed by atoms with Crippen molar-refractivity contribution in [2.24, 2.45) is 0 Å². The van der Waals surface area contributed by atoms with Gasteiger partial charge in [0.25, 0.3) is 0 Å². The third kappa shape index (κ3) is 3.02. The summed E-state index contributed by atoms with van der Waals surface area (Å²) in [5.74, 6) is 2.10. The van der Waals surface area contributed by atoms with Gasteiger partial charge in [0.1, 0.15) is 0 Å². The minimum atomic E-state index is -1.84. The van der Waals surface area contributed by atoms with E-state index in [4.69, 9.17) is 0 Å². The van der Waals surface area contributed by atoms with Crippen LogP contribution >= 0.6 is 0 Å². The van der Waals surface area contributed by atoms with Crippen LogP contribution in [-0.4, -0.2) is 25.1 Å². The van der Waals surface area contributed by atoms with Crippen LogP contribution in [0.4, 0.5) is 0 Å². The van der Waals surface area contributed by atoms with Crippen LogP contribution in [0.15, 0.2) is 9.06 Å². The van der Waals surface area contributed by atoms with Gasteiger partial charge in [0.05, 0.1) is 0 Å². The van der Waals surface area contributed by atoms with Gasteiger partial charge in [-0.05, 0) is 0 Å². The van der Waals surface area contributed by atoms with Gasteiger partial charge in [-0.15, -0.1) is 0 Å². The predicted octanol–water partition coefficient (Wildman–Crippen LogP) is 5.73. The molecule has 18 heavy (non-hydrogen) atoms. The van der Waals surface area contributed by atoms with Crippen LogP contribution in [0.1, 0.15) is 58.8 Å². The van der Waals surface area contributed by atoms with Gasteiger partial charge in [-0.1, -0.05) is 0 Å². The molecule has 0 aromatic heterocycles. The molecule has 0 unspecified atom stereocenters. The summed E-state index contributed by atoms with van der Waals surface area (Å²) in [6.45, 7) is 5.91. The maximum atomic E-state index is 2.60. The van der Waals surface area contributed by atoms with E-state index < -0.39 is 18.4 Å². The van der Waals surface area contributed by atoms with Crippen LogP contribution in [0.5, 0.6) is 0 Å². The number of hydrogen-bond acceptors (Lipinski definition) is 0. The third-order valence-corrected chi connectivity index (χ3v) is 13.0. The molecule has 2 heteroatoms. The molecule has 2 fully saturated rings. The monoisotopic (exact) mass is 354 g/mol. The summed E-state index contributed by atoms with van der Waals surface area (Å²) in [5.41, 5.74) is 1.92. The molecule has 0 aromatic carbocycles. The molecule has 0 atom stereocenters. The van der Waals surface area contributed by atoms with E-state index in [9.17, 15) is 0 Å². The zero-order valence-corrected chi connectivity index (χ0v) is 16.0. The zero-order chi connectivity index (χ0) is 13.3. The van der Waals surface area contributed by atoms with Gasteiger partial charge in [0, 0.05) is 0 Å². The Morgan fingerprint density at radius 3 is 1.78 bits per heavy atom. The minimum absolute atomic E-state index is 0.994. The van der Waals surface area contributed by atoms with Gasteiger partial charge in [0.15, 0.2) is 0 Å². The molecular formula is C16H31BSn. The van der Waals surface area contributed by atoms with E-state index in [2.05, 4.69) is 28.7 Å². The van der Waals surface area contributed by atoms with Gasteiger partial charge in [-0.25, -0.2) is 0 Å². The number of allylic oxidation sites excluding steroid dienone is 2. The zero-order valence-electron chi connectivity index (χ0n) is 13.2.